The van der Waals surface area contributed by atoms with Crippen molar-refractivity contribution in [2.75, 3.05) is 11.1 Å². The van der Waals surface area contributed by atoms with Crippen molar-refractivity contribution in [1.29, 1.82) is 0 Å². The third-order valence-corrected chi connectivity index (χ3v) is 3.76. The maximum atomic E-state index is 5.88. The van der Waals surface area contributed by atoms with Crippen LogP contribution < -0.4 is 15.8 Å². The molecule has 0 saturated heterocycles. The molecular formula is C19H16N6O. The Morgan fingerprint density at radius 3 is 2.54 bits per heavy atom. The highest BCUT2D eigenvalue weighted by Crippen LogP contribution is 2.26. The number of nitrogens with one attached hydrogen (secondary N) is 1. The molecule has 0 atom stereocenters. The molecule has 26 heavy (non-hydrogen) atoms. The highest BCUT2D eigenvalue weighted by molar-refractivity contribution is 5.92. The molecule has 2 aromatic heterocycles. The fourth-order valence-corrected chi connectivity index (χ4v) is 2.47. The lowest BCUT2D eigenvalue weighted by atomic mass is 10.2. The van der Waals surface area contributed by atoms with E-state index in [0.717, 1.165) is 22.3 Å². The second-order valence-electron chi connectivity index (χ2n) is 5.75. The van der Waals surface area contributed by atoms with Crippen molar-refractivity contribution in [2.24, 2.45) is 0 Å². The predicted molar refractivity (Wildman–Crippen MR) is 101 cm³/mol. The van der Waals surface area contributed by atoms with Gasteiger partial charge in [-0.05, 0) is 49.4 Å². The first-order chi connectivity index (χ1) is 12.7. The average molecular weight is 344 g/mol. The normalized spacial score (nSPS) is 10.7. The van der Waals surface area contributed by atoms with E-state index in [4.69, 9.17) is 10.5 Å². The Kier molecular flexibility index (Phi) is 4.03. The van der Waals surface area contributed by atoms with Gasteiger partial charge in [0.05, 0.1) is 23.6 Å². The number of rotatable bonds is 4. The maximum Gasteiger partial charge on any atom is 0.237 e. The summed E-state index contributed by atoms with van der Waals surface area (Å²) in [4.78, 5) is 16.9. The van der Waals surface area contributed by atoms with Gasteiger partial charge in [0.2, 0.25) is 5.88 Å². The molecule has 0 spiro atoms. The largest absolute Gasteiger partial charge is 0.438 e. The molecule has 128 valence electrons. The summed E-state index contributed by atoms with van der Waals surface area (Å²) in [5, 5.41) is 4.15. The first kappa shape index (κ1) is 15.8. The molecule has 0 aliphatic heterocycles. The van der Waals surface area contributed by atoms with Crippen molar-refractivity contribution >= 4 is 28.1 Å². The lowest BCUT2D eigenvalue weighted by Gasteiger charge is -2.10. The van der Waals surface area contributed by atoms with Crippen LogP contribution in [0.3, 0.4) is 0 Å². The minimum atomic E-state index is 0.452. The van der Waals surface area contributed by atoms with Gasteiger partial charge in [0.1, 0.15) is 17.9 Å². The zero-order chi connectivity index (χ0) is 17.9. The molecule has 0 aliphatic rings. The summed E-state index contributed by atoms with van der Waals surface area (Å²) in [5.41, 5.74) is 9.08. The van der Waals surface area contributed by atoms with Gasteiger partial charge in [-0.2, -0.15) is 0 Å². The number of benzene rings is 2. The highest BCUT2D eigenvalue weighted by Gasteiger charge is 2.05. The zero-order valence-electron chi connectivity index (χ0n) is 14.0. The number of nitrogens with two attached hydrogens (primary N) is 1. The van der Waals surface area contributed by atoms with Gasteiger partial charge < -0.3 is 15.8 Å². The fourth-order valence-electron chi connectivity index (χ4n) is 2.47. The van der Waals surface area contributed by atoms with Gasteiger partial charge in [0, 0.05) is 16.8 Å². The summed E-state index contributed by atoms with van der Waals surface area (Å²) in [6.07, 6.45) is 4.78. The van der Waals surface area contributed by atoms with Crippen LogP contribution >= 0.6 is 0 Å². The molecule has 4 rings (SSSR count). The quantitative estimate of drug-likeness (QED) is 0.542. The number of anilines is 3. The van der Waals surface area contributed by atoms with Crippen molar-refractivity contribution in [1.82, 2.24) is 19.9 Å². The number of nitrogens with zero attached hydrogens (tertiary/aromatic N) is 4. The van der Waals surface area contributed by atoms with Crippen LogP contribution in [0.4, 0.5) is 17.2 Å². The topological polar surface area (TPSA) is 98.8 Å². The Hall–Kier alpha value is -3.74. The summed E-state index contributed by atoms with van der Waals surface area (Å²) >= 11 is 0. The van der Waals surface area contributed by atoms with Gasteiger partial charge >= 0.3 is 0 Å². The van der Waals surface area contributed by atoms with E-state index >= 15 is 0 Å². The molecule has 0 aliphatic carbocycles. The molecule has 0 fully saturated rings. The van der Waals surface area contributed by atoms with Crippen molar-refractivity contribution in [3.63, 3.8) is 0 Å². The van der Waals surface area contributed by atoms with E-state index < -0.39 is 0 Å². The van der Waals surface area contributed by atoms with Gasteiger partial charge in [0.25, 0.3) is 0 Å². The lowest BCUT2D eigenvalue weighted by Crippen LogP contribution is -1.97. The second-order valence-corrected chi connectivity index (χ2v) is 5.75. The number of hydrogen-bond acceptors (Lipinski definition) is 7. The molecule has 2 aromatic carbocycles. The number of ether oxygens (including phenoxy) is 1. The van der Waals surface area contributed by atoms with Gasteiger partial charge in [-0.25, -0.2) is 15.0 Å². The zero-order valence-corrected chi connectivity index (χ0v) is 14.0. The molecule has 0 amide bonds. The predicted octanol–water partition coefficient (Wildman–Crippen LogP) is 3.85. The summed E-state index contributed by atoms with van der Waals surface area (Å²) < 4.78 is 5.68. The lowest BCUT2D eigenvalue weighted by molar-refractivity contribution is 0.459. The highest BCUT2D eigenvalue weighted by atomic mass is 16.5. The number of nitrogen functional groups attached to an aromatic ring is 1. The first-order valence-electron chi connectivity index (χ1n) is 8.01. The van der Waals surface area contributed by atoms with Gasteiger partial charge in [0.15, 0.2) is 0 Å². The maximum absolute atomic E-state index is 5.88. The third-order valence-electron chi connectivity index (χ3n) is 3.76. The molecule has 0 radical (unpaired) electrons. The molecule has 7 heteroatoms. The number of aromatic nitrogens is 4. The van der Waals surface area contributed by atoms with Gasteiger partial charge in [-0.1, -0.05) is 0 Å². The molecule has 0 saturated carbocycles. The minimum absolute atomic E-state index is 0.452. The third kappa shape index (κ3) is 3.36. The summed E-state index contributed by atoms with van der Waals surface area (Å²) in [6.45, 7) is 1.88. The van der Waals surface area contributed by atoms with Crippen molar-refractivity contribution in [3.8, 4) is 11.6 Å². The van der Waals surface area contributed by atoms with Crippen molar-refractivity contribution in [3.05, 3.63) is 66.9 Å². The number of hydrogen-bond donors (Lipinski definition) is 2. The standard InChI is InChI=1S/C19H16N6O/c1-12-9-22-18(10-21-12)26-15-5-3-14(4-6-15)25-19-16-8-13(20)2-7-17(16)23-11-24-19/h2-11H,20H2,1H3,(H,23,24,25). The van der Waals surface area contributed by atoms with E-state index in [2.05, 4.69) is 25.3 Å². The molecule has 2 heterocycles. The SMILES string of the molecule is Cc1cnc(Oc2ccc(Nc3ncnc4ccc(N)cc34)cc2)cn1. The van der Waals surface area contributed by atoms with E-state index in [-0.39, 0.29) is 0 Å². The van der Waals surface area contributed by atoms with Crippen LogP contribution in [0.25, 0.3) is 10.9 Å². The van der Waals surface area contributed by atoms with Gasteiger partial charge in [-0.3, -0.25) is 4.98 Å². The Morgan fingerprint density at radius 2 is 1.77 bits per heavy atom. The number of aryl methyl sites for hydroxylation is 1. The van der Waals surface area contributed by atoms with Crippen LogP contribution in [-0.2, 0) is 0 Å². The van der Waals surface area contributed by atoms with E-state index in [1.807, 2.05) is 49.4 Å². The molecule has 0 bridgehead atoms. The van der Waals surface area contributed by atoms with E-state index in [1.54, 1.807) is 12.4 Å². The van der Waals surface area contributed by atoms with Gasteiger partial charge in [-0.15, -0.1) is 0 Å². The molecule has 7 nitrogen and oxygen atoms in total. The monoisotopic (exact) mass is 344 g/mol. The molecule has 3 N–H and O–H groups in total. The van der Waals surface area contributed by atoms with E-state index in [0.29, 0.717) is 23.1 Å². The summed E-state index contributed by atoms with van der Waals surface area (Å²) in [5.74, 6) is 1.82. The van der Waals surface area contributed by atoms with Crippen molar-refractivity contribution in [2.45, 2.75) is 6.92 Å². The Labute approximate surface area is 149 Å². The number of fused-ring (bicyclic) bond motifs is 1. The Bertz CT molecular complexity index is 1050. The van der Waals surface area contributed by atoms with Crippen LogP contribution in [-0.4, -0.2) is 19.9 Å². The fraction of sp³-hybridized carbons (Fsp3) is 0.0526. The first-order valence-corrected chi connectivity index (χ1v) is 8.01. The average Bonchev–Trinajstić information content (AvgIpc) is 2.66. The smallest absolute Gasteiger partial charge is 0.237 e. The molecule has 0 unspecified atom stereocenters. The minimum Gasteiger partial charge on any atom is -0.438 e. The molecule has 4 aromatic rings. The van der Waals surface area contributed by atoms with Crippen LogP contribution in [0.2, 0.25) is 0 Å². The Balaban J connectivity index is 1.54. The van der Waals surface area contributed by atoms with Crippen LogP contribution in [0.5, 0.6) is 11.6 Å². The van der Waals surface area contributed by atoms with E-state index in [9.17, 15) is 0 Å². The molecular weight excluding hydrogens is 328 g/mol. The van der Waals surface area contributed by atoms with Crippen molar-refractivity contribution < 1.29 is 4.74 Å². The summed E-state index contributed by atoms with van der Waals surface area (Å²) in [6, 6.07) is 13.0. The van der Waals surface area contributed by atoms with Crippen LogP contribution in [0.1, 0.15) is 5.69 Å². The second kappa shape index (κ2) is 6.64. The summed E-state index contributed by atoms with van der Waals surface area (Å²) in [7, 11) is 0. The van der Waals surface area contributed by atoms with Crippen LogP contribution in [0, 0.1) is 6.92 Å². The van der Waals surface area contributed by atoms with E-state index in [1.165, 1.54) is 6.33 Å². The Morgan fingerprint density at radius 1 is 0.923 bits per heavy atom. The van der Waals surface area contributed by atoms with Crippen LogP contribution in [0.15, 0.2) is 61.2 Å².